The normalized spacial score (nSPS) is 14.0. The second kappa shape index (κ2) is 5.09. The summed E-state index contributed by atoms with van der Waals surface area (Å²) in [5.74, 6) is -2.54. The lowest BCUT2D eigenvalue weighted by Gasteiger charge is -2.28. The fourth-order valence-corrected chi connectivity index (χ4v) is 2.41. The number of hydrogen-bond donors (Lipinski definition) is 0. The van der Waals surface area contributed by atoms with Gasteiger partial charge in [0.2, 0.25) is 0 Å². The molecule has 2 aromatic rings. The highest BCUT2D eigenvalue weighted by atomic mass is 19.2. The molecular formula is C16H11F2NO2. The number of hydrogen-bond acceptors (Lipinski definition) is 2. The minimum Gasteiger partial charge on any atom is -0.307 e. The van der Waals surface area contributed by atoms with Crippen molar-refractivity contribution >= 4 is 17.4 Å². The topological polar surface area (TPSA) is 37.4 Å². The molecule has 0 saturated heterocycles. The molecule has 3 rings (SSSR count). The summed E-state index contributed by atoms with van der Waals surface area (Å²) in [5, 5.41) is 0. The fraction of sp³-hybridized carbons (Fsp3) is 0.125. The molecule has 0 unspecified atom stereocenters. The SMILES string of the molecule is O=C1CCN(C(=O)c2ccc(F)c(F)c2)c2ccccc21. The van der Waals surface area contributed by atoms with Crippen LogP contribution in [0.4, 0.5) is 14.5 Å². The Hall–Kier alpha value is -2.56. The molecule has 2 aromatic carbocycles. The highest BCUT2D eigenvalue weighted by Crippen LogP contribution is 2.28. The predicted molar refractivity (Wildman–Crippen MR) is 73.4 cm³/mol. The molecule has 0 bridgehead atoms. The molecular weight excluding hydrogens is 276 g/mol. The molecule has 3 nitrogen and oxygen atoms in total. The Bertz CT molecular complexity index is 743. The highest BCUT2D eigenvalue weighted by molar-refractivity contribution is 6.13. The lowest BCUT2D eigenvalue weighted by molar-refractivity contribution is 0.0955. The smallest absolute Gasteiger partial charge is 0.258 e. The Kier molecular flexibility index (Phi) is 3.25. The van der Waals surface area contributed by atoms with Gasteiger partial charge >= 0.3 is 0 Å². The third-order valence-electron chi connectivity index (χ3n) is 3.47. The molecule has 0 atom stereocenters. The molecule has 0 aliphatic carbocycles. The first kappa shape index (κ1) is 13.4. The molecule has 5 heteroatoms. The number of ketones is 1. The van der Waals surface area contributed by atoms with Gasteiger partial charge in [-0.1, -0.05) is 12.1 Å². The van der Waals surface area contributed by atoms with E-state index < -0.39 is 17.5 Å². The maximum Gasteiger partial charge on any atom is 0.258 e. The zero-order chi connectivity index (χ0) is 15.0. The molecule has 0 fully saturated rings. The number of amides is 1. The van der Waals surface area contributed by atoms with Gasteiger partial charge in [-0.2, -0.15) is 0 Å². The molecule has 0 aromatic heterocycles. The maximum atomic E-state index is 13.3. The van der Waals surface area contributed by atoms with Crippen molar-refractivity contribution in [3.8, 4) is 0 Å². The second-order valence-corrected chi connectivity index (χ2v) is 4.78. The summed E-state index contributed by atoms with van der Waals surface area (Å²) in [6.07, 6.45) is 0.215. The van der Waals surface area contributed by atoms with Crippen molar-refractivity contribution in [2.24, 2.45) is 0 Å². The van der Waals surface area contributed by atoms with E-state index in [1.807, 2.05) is 0 Å². The Morgan fingerprint density at radius 1 is 1.05 bits per heavy atom. The van der Waals surface area contributed by atoms with Crippen LogP contribution in [0.15, 0.2) is 42.5 Å². The molecule has 1 aliphatic rings. The average molecular weight is 287 g/mol. The minimum atomic E-state index is -1.07. The van der Waals surface area contributed by atoms with Gasteiger partial charge in [-0.05, 0) is 30.3 Å². The Labute approximate surface area is 119 Å². The second-order valence-electron chi connectivity index (χ2n) is 4.78. The number of benzene rings is 2. The number of carbonyl (C=O) groups is 2. The van der Waals surface area contributed by atoms with Crippen molar-refractivity contribution in [1.29, 1.82) is 0 Å². The summed E-state index contributed by atoms with van der Waals surface area (Å²) in [7, 11) is 0. The van der Waals surface area contributed by atoms with Gasteiger partial charge in [-0.15, -0.1) is 0 Å². The molecule has 1 aliphatic heterocycles. The van der Waals surface area contributed by atoms with Gasteiger partial charge in [0.15, 0.2) is 17.4 Å². The Balaban J connectivity index is 2.01. The molecule has 106 valence electrons. The molecule has 0 radical (unpaired) electrons. The van der Waals surface area contributed by atoms with Crippen LogP contribution in [-0.2, 0) is 0 Å². The fourth-order valence-electron chi connectivity index (χ4n) is 2.41. The summed E-state index contributed by atoms with van der Waals surface area (Å²) in [5.41, 5.74) is 1.03. The third kappa shape index (κ3) is 2.31. The van der Waals surface area contributed by atoms with Crippen LogP contribution in [0.5, 0.6) is 0 Å². The van der Waals surface area contributed by atoms with Crippen molar-refractivity contribution in [2.75, 3.05) is 11.4 Å². The predicted octanol–water partition coefficient (Wildman–Crippen LogP) is 3.20. The first-order valence-corrected chi connectivity index (χ1v) is 6.47. The monoisotopic (exact) mass is 287 g/mol. The van der Waals surface area contributed by atoms with E-state index in [0.29, 0.717) is 11.3 Å². The van der Waals surface area contributed by atoms with Crippen LogP contribution in [0.3, 0.4) is 0 Å². The van der Waals surface area contributed by atoms with Gasteiger partial charge in [-0.3, -0.25) is 9.59 Å². The van der Waals surface area contributed by atoms with Crippen molar-refractivity contribution in [2.45, 2.75) is 6.42 Å². The molecule has 0 spiro atoms. The number of rotatable bonds is 1. The van der Waals surface area contributed by atoms with Crippen LogP contribution < -0.4 is 4.90 Å². The van der Waals surface area contributed by atoms with Crippen LogP contribution in [-0.4, -0.2) is 18.2 Å². The lowest BCUT2D eigenvalue weighted by atomic mass is 9.99. The number of carbonyl (C=O) groups excluding carboxylic acids is 2. The van der Waals surface area contributed by atoms with E-state index in [4.69, 9.17) is 0 Å². The van der Waals surface area contributed by atoms with E-state index in [9.17, 15) is 18.4 Å². The van der Waals surface area contributed by atoms with Crippen molar-refractivity contribution in [1.82, 2.24) is 0 Å². The highest BCUT2D eigenvalue weighted by Gasteiger charge is 2.27. The Morgan fingerprint density at radius 2 is 1.81 bits per heavy atom. The van der Waals surface area contributed by atoms with E-state index in [-0.39, 0.29) is 24.3 Å². The van der Waals surface area contributed by atoms with Crippen molar-refractivity contribution in [3.63, 3.8) is 0 Å². The lowest BCUT2D eigenvalue weighted by Crippen LogP contribution is -2.37. The largest absolute Gasteiger partial charge is 0.307 e. The molecule has 21 heavy (non-hydrogen) atoms. The molecule has 1 heterocycles. The number of halogens is 2. The first-order valence-electron chi connectivity index (χ1n) is 6.47. The summed E-state index contributed by atoms with van der Waals surface area (Å²) >= 11 is 0. The first-order chi connectivity index (χ1) is 10.1. The van der Waals surface area contributed by atoms with Crippen LogP contribution >= 0.6 is 0 Å². The van der Waals surface area contributed by atoms with Gasteiger partial charge in [0, 0.05) is 24.1 Å². The van der Waals surface area contributed by atoms with Crippen LogP contribution in [0.2, 0.25) is 0 Å². The molecule has 0 saturated carbocycles. The summed E-state index contributed by atoms with van der Waals surface area (Å²) in [4.78, 5) is 25.7. The van der Waals surface area contributed by atoms with Crippen molar-refractivity contribution in [3.05, 3.63) is 65.2 Å². The number of anilines is 1. The van der Waals surface area contributed by atoms with Crippen LogP contribution in [0, 0.1) is 11.6 Å². The van der Waals surface area contributed by atoms with E-state index >= 15 is 0 Å². The molecule has 1 amide bonds. The van der Waals surface area contributed by atoms with Gasteiger partial charge in [0.25, 0.3) is 5.91 Å². The van der Waals surface area contributed by atoms with E-state index in [0.717, 1.165) is 12.1 Å². The third-order valence-corrected chi connectivity index (χ3v) is 3.47. The van der Waals surface area contributed by atoms with Crippen LogP contribution in [0.25, 0.3) is 0 Å². The summed E-state index contributed by atoms with van der Waals surface area (Å²) < 4.78 is 26.2. The van der Waals surface area contributed by atoms with Gasteiger partial charge in [0.05, 0.1) is 5.69 Å². The number of nitrogens with zero attached hydrogens (tertiary/aromatic N) is 1. The average Bonchev–Trinajstić information content (AvgIpc) is 2.50. The van der Waals surface area contributed by atoms with Gasteiger partial charge < -0.3 is 4.90 Å². The van der Waals surface area contributed by atoms with Gasteiger partial charge in [0.1, 0.15) is 0 Å². The van der Waals surface area contributed by atoms with Crippen LogP contribution in [0.1, 0.15) is 27.1 Å². The quantitative estimate of drug-likeness (QED) is 0.807. The minimum absolute atomic E-state index is 0.0278. The molecule has 0 N–H and O–H groups in total. The van der Waals surface area contributed by atoms with Crippen molar-refractivity contribution < 1.29 is 18.4 Å². The van der Waals surface area contributed by atoms with E-state index in [1.165, 1.54) is 11.0 Å². The summed E-state index contributed by atoms with van der Waals surface area (Å²) in [6, 6.07) is 9.80. The standard InChI is InChI=1S/C16H11F2NO2/c17-12-6-5-10(9-13(12)18)16(21)19-8-7-15(20)11-3-1-2-4-14(11)19/h1-6,9H,7-8H2. The number of para-hydroxylation sites is 1. The Morgan fingerprint density at radius 3 is 2.57 bits per heavy atom. The zero-order valence-electron chi connectivity index (χ0n) is 11.0. The van der Waals surface area contributed by atoms with E-state index in [1.54, 1.807) is 24.3 Å². The zero-order valence-corrected chi connectivity index (χ0v) is 11.0. The summed E-state index contributed by atoms with van der Waals surface area (Å²) in [6.45, 7) is 0.230. The maximum absolute atomic E-state index is 13.3. The van der Waals surface area contributed by atoms with E-state index in [2.05, 4.69) is 0 Å². The van der Waals surface area contributed by atoms with Gasteiger partial charge in [-0.25, -0.2) is 8.78 Å². The number of Topliss-reactive ketones (excluding diaryl/α,β-unsaturated/α-hetero) is 1. The number of fused-ring (bicyclic) bond motifs is 1.